The molecule has 2 rings (SSSR count). The van der Waals surface area contributed by atoms with Crippen LogP contribution in [0.4, 0.5) is 0 Å². The normalized spacial score (nSPS) is 41.4. The molecule has 0 amide bonds. The van der Waals surface area contributed by atoms with Crippen molar-refractivity contribution in [2.45, 2.75) is 78.7 Å². The monoisotopic (exact) mass is 265 g/mol. The average Bonchev–Trinajstić information content (AvgIpc) is 2.83. The topological polar surface area (TPSA) is 12.0 Å². The van der Waals surface area contributed by atoms with Crippen LogP contribution < -0.4 is 5.32 Å². The van der Waals surface area contributed by atoms with Crippen LogP contribution in [0.5, 0.6) is 0 Å². The third kappa shape index (κ3) is 3.97. The standard InChI is InChI=1S/C18H35N/c1-5-15-7-8-16(12-15)18(19-6-2)17-10-13(3)9-14(4)11-17/h13-19H,5-12H2,1-4H3. The summed E-state index contributed by atoms with van der Waals surface area (Å²) in [5.74, 6) is 4.81. The highest BCUT2D eigenvalue weighted by Gasteiger charge is 2.37. The van der Waals surface area contributed by atoms with Gasteiger partial charge >= 0.3 is 0 Å². The lowest BCUT2D eigenvalue weighted by atomic mass is 9.70. The van der Waals surface area contributed by atoms with E-state index in [-0.39, 0.29) is 0 Å². The first-order chi connectivity index (χ1) is 9.13. The molecular formula is C18H35N. The van der Waals surface area contributed by atoms with Gasteiger partial charge in [0.05, 0.1) is 0 Å². The molecule has 2 aliphatic carbocycles. The lowest BCUT2D eigenvalue weighted by Gasteiger charge is -2.39. The van der Waals surface area contributed by atoms with Crippen molar-refractivity contribution in [1.29, 1.82) is 0 Å². The third-order valence-corrected chi connectivity index (χ3v) is 5.83. The molecule has 5 atom stereocenters. The van der Waals surface area contributed by atoms with E-state index >= 15 is 0 Å². The van der Waals surface area contributed by atoms with Gasteiger partial charge in [-0.2, -0.15) is 0 Å². The lowest BCUT2D eigenvalue weighted by Crippen LogP contribution is -2.44. The molecule has 5 unspecified atom stereocenters. The minimum Gasteiger partial charge on any atom is -0.314 e. The van der Waals surface area contributed by atoms with Crippen molar-refractivity contribution in [1.82, 2.24) is 5.32 Å². The first kappa shape index (κ1) is 15.4. The van der Waals surface area contributed by atoms with Crippen molar-refractivity contribution in [3.63, 3.8) is 0 Å². The zero-order valence-electron chi connectivity index (χ0n) is 13.6. The fraction of sp³-hybridized carbons (Fsp3) is 1.00. The van der Waals surface area contributed by atoms with Gasteiger partial charge in [0.1, 0.15) is 0 Å². The summed E-state index contributed by atoms with van der Waals surface area (Å²) in [7, 11) is 0. The smallest absolute Gasteiger partial charge is 0.0124 e. The molecule has 2 aliphatic rings. The first-order valence-electron chi connectivity index (χ1n) is 8.87. The molecule has 0 aliphatic heterocycles. The molecule has 112 valence electrons. The van der Waals surface area contributed by atoms with Gasteiger partial charge < -0.3 is 5.32 Å². The quantitative estimate of drug-likeness (QED) is 0.748. The fourth-order valence-corrected chi connectivity index (χ4v) is 5.07. The molecule has 0 spiro atoms. The van der Waals surface area contributed by atoms with Crippen LogP contribution in [-0.4, -0.2) is 12.6 Å². The molecule has 0 saturated heterocycles. The van der Waals surface area contributed by atoms with E-state index in [4.69, 9.17) is 0 Å². The second kappa shape index (κ2) is 7.11. The molecule has 2 fully saturated rings. The van der Waals surface area contributed by atoms with Gasteiger partial charge in [-0.3, -0.25) is 0 Å². The summed E-state index contributed by atoms with van der Waals surface area (Å²) >= 11 is 0. The van der Waals surface area contributed by atoms with Gasteiger partial charge in [-0.25, -0.2) is 0 Å². The van der Waals surface area contributed by atoms with E-state index < -0.39 is 0 Å². The fourth-order valence-electron chi connectivity index (χ4n) is 5.07. The second-order valence-electron chi connectivity index (χ2n) is 7.61. The Bertz CT molecular complexity index is 252. The zero-order valence-corrected chi connectivity index (χ0v) is 13.6. The molecule has 1 nitrogen and oxygen atoms in total. The molecule has 0 bridgehead atoms. The van der Waals surface area contributed by atoms with Crippen molar-refractivity contribution in [2.24, 2.45) is 29.6 Å². The molecule has 0 aromatic rings. The molecular weight excluding hydrogens is 230 g/mol. The van der Waals surface area contributed by atoms with E-state index in [1.54, 1.807) is 0 Å². The van der Waals surface area contributed by atoms with E-state index in [9.17, 15) is 0 Å². The Kier molecular flexibility index (Phi) is 5.74. The summed E-state index contributed by atoms with van der Waals surface area (Å²) in [6.45, 7) is 10.7. The van der Waals surface area contributed by atoms with Crippen molar-refractivity contribution in [3.8, 4) is 0 Å². The van der Waals surface area contributed by atoms with Crippen molar-refractivity contribution in [2.75, 3.05) is 6.54 Å². The number of hydrogen-bond acceptors (Lipinski definition) is 1. The van der Waals surface area contributed by atoms with Gasteiger partial charge in [-0.1, -0.05) is 40.5 Å². The molecule has 1 heteroatoms. The minimum atomic E-state index is 0.812. The highest BCUT2D eigenvalue weighted by Crippen LogP contribution is 2.42. The largest absolute Gasteiger partial charge is 0.314 e. The third-order valence-electron chi connectivity index (χ3n) is 5.83. The highest BCUT2D eigenvalue weighted by molar-refractivity contribution is 4.91. The molecule has 2 saturated carbocycles. The number of nitrogens with one attached hydrogen (secondary N) is 1. The second-order valence-corrected chi connectivity index (χ2v) is 7.61. The molecule has 0 aromatic carbocycles. The lowest BCUT2D eigenvalue weighted by molar-refractivity contribution is 0.143. The summed E-state index contributed by atoms with van der Waals surface area (Å²) in [6.07, 6.45) is 10.2. The Morgan fingerprint density at radius 3 is 2.11 bits per heavy atom. The maximum absolute atomic E-state index is 3.88. The molecule has 1 N–H and O–H groups in total. The summed E-state index contributed by atoms with van der Waals surface area (Å²) in [5, 5.41) is 3.88. The van der Waals surface area contributed by atoms with Gasteiger partial charge in [0.25, 0.3) is 0 Å². The van der Waals surface area contributed by atoms with Crippen LogP contribution in [-0.2, 0) is 0 Å². The first-order valence-corrected chi connectivity index (χ1v) is 8.87. The van der Waals surface area contributed by atoms with E-state index in [2.05, 4.69) is 33.0 Å². The SMILES string of the molecule is CCNC(C1CC(C)CC(C)C1)C1CCC(CC)C1. The van der Waals surface area contributed by atoms with Crippen molar-refractivity contribution >= 4 is 0 Å². The Morgan fingerprint density at radius 2 is 1.58 bits per heavy atom. The van der Waals surface area contributed by atoms with Crippen LogP contribution in [0.25, 0.3) is 0 Å². The Balaban J connectivity index is 1.98. The van der Waals surface area contributed by atoms with Crippen LogP contribution in [0.3, 0.4) is 0 Å². The van der Waals surface area contributed by atoms with Crippen LogP contribution in [0.2, 0.25) is 0 Å². The minimum absolute atomic E-state index is 0.812. The Labute approximate surface area is 120 Å². The van der Waals surface area contributed by atoms with Crippen LogP contribution in [0, 0.1) is 29.6 Å². The van der Waals surface area contributed by atoms with E-state index in [0.717, 1.165) is 42.2 Å². The van der Waals surface area contributed by atoms with Crippen LogP contribution in [0.15, 0.2) is 0 Å². The molecule has 0 heterocycles. The van der Waals surface area contributed by atoms with Crippen LogP contribution in [0.1, 0.15) is 72.6 Å². The van der Waals surface area contributed by atoms with Crippen molar-refractivity contribution in [3.05, 3.63) is 0 Å². The Hall–Kier alpha value is -0.0400. The highest BCUT2D eigenvalue weighted by atomic mass is 14.9. The summed E-state index contributed by atoms with van der Waals surface area (Å²) in [5.41, 5.74) is 0. The molecule has 0 aromatic heterocycles. The maximum Gasteiger partial charge on any atom is 0.0124 e. The predicted molar refractivity (Wildman–Crippen MR) is 84.3 cm³/mol. The zero-order chi connectivity index (χ0) is 13.8. The van der Waals surface area contributed by atoms with Gasteiger partial charge in [-0.05, 0) is 68.2 Å². The van der Waals surface area contributed by atoms with Crippen LogP contribution >= 0.6 is 0 Å². The Morgan fingerprint density at radius 1 is 0.895 bits per heavy atom. The molecule has 0 radical (unpaired) electrons. The van der Waals surface area contributed by atoms with Gasteiger partial charge in [0.15, 0.2) is 0 Å². The summed E-state index contributed by atoms with van der Waals surface area (Å²) < 4.78 is 0. The van der Waals surface area contributed by atoms with E-state index in [1.807, 2.05) is 0 Å². The maximum atomic E-state index is 3.88. The van der Waals surface area contributed by atoms with Crippen molar-refractivity contribution < 1.29 is 0 Å². The number of hydrogen-bond donors (Lipinski definition) is 1. The van der Waals surface area contributed by atoms with E-state index in [1.165, 1.54) is 44.9 Å². The van der Waals surface area contributed by atoms with Gasteiger partial charge in [0.2, 0.25) is 0 Å². The van der Waals surface area contributed by atoms with Gasteiger partial charge in [-0.15, -0.1) is 0 Å². The average molecular weight is 265 g/mol. The summed E-state index contributed by atoms with van der Waals surface area (Å²) in [4.78, 5) is 0. The summed E-state index contributed by atoms with van der Waals surface area (Å²) in [6, 6.07) is 0.812. The van der Waals surface area contributed by atoms with Gasteiger partial charge in [0, 0.05) is 6.04 Å². The number of rotatable bonds is 5. The van der Waals surface area contributed by atoms with E-state index in [0.29, 0.717) is 0 Å². The molecule has 19 heavy (non-hydrogen) atoms. The predicted octanol–water partition coefficient (Wildman–Crippen LogP) is 4.86.